The molecule has 0 bridgehead atoms. The number of rotatable bonds is 9. The van der Waals surface area contributed by atoms with E-state index in [2.05, 4.69) is 0 Å². The Kier molecular flexibility index (Phi) is 10.3. The van der Waals surface area contributed by atoms with Crippen LogP contribution in [0.5, 0.6) is 0 Å². The monoisotopic (exact) mass is 608 g/mol. The second-order valence-corrected chi connectivity index (χ2v) is 11.1. The van der Waals surface area contributed by atoms with E-state index in [0.29, 0.717) is 26.1 Å². The lowest BCUT2D eigenvalue weighted by Gasteiger charge is -2.37. The van der Waals surface area contributed by atoms with E-state index in [1.807, 2.05) is 31.2 Å². The van der Waals surface area contributed by atoms with Crippen LogP contribution in [0.4, 0.5) is 39.5 Å². The summed E-state index contributed by atoms with van der Waals surface area (Å²) in [6.45, 7) is 3.05. The molecule has 4 rings (SSSR count). The van der Waals surface area contributed by atoms with Gasteiger partial charge < -0.3 is 9.47 Å². The molecule has 0 atom stereocenters. The highest BCUT2D eigenvalue weighted by Crippen LogP contribution is 2.45. The molecule has 0 spiro atoms. The molecule has 2 fully saturated rings. The first kappa shape index (κ1) is 32.4. The van der Waals surface area contributed by atoms with Gasteiger partial charge in [-0.05, 0) is 87.5 Å². The van der Waals surface area contributed by atoms with Crippen molar-refractivity contribution in [3.8, 4) is 0 Å². The molecule has 2 aromatic carbocycles. The van der Waals surface area contributed by atoms with Crippen LogP contribution in [-0.4, -0.2) is 18.8 Å². The molecule has 2 aromatic rings. The summed E-state index contributed by atoms with van der Waals surface area (Å²) in [6, 6.07) is 8.15. The third kappa shape index (κ3) is 7.70. The lowest BCUT2D eigenvalue weighted by molar-refractivity contribution is -0.301. The van der Waals surface area contributed by atoms with Gasteiger partial charge >= 0.3 is 12.3 Å². The molecule has 42 heavy (non-hydrogen) atoms. The van der Waals surface area contributed by atoms with Crippen LogP contribution in [-0.2, 0) is 22.3 Å². The minimum absolute atomic E-state index is 0.000129. The van der Waals surface area contributed by atoms with Gasteiger partial charge in [-0.25, -0.2) is 17.6 Å². The van der Waals surface area contributed by atoms with Crippen molar-refractivity contribution >= 4 is 5.83 Å². The zero-order valence-corrected chi connectivity index (χ0v) is 23.1. The summed E-state index contributed by atoms with van der Waals surface area (Å²) >= 11 is 0. The fourth-order valence-electron chi connectivity index (χ4n) is 5.91. The highest BCUT2D eigenvalue weighted by atomic mass is 19.4. The molecule has 232 valence electrons. The maximum atomic E-state index is 15.1. The summed E-state index contributed by atoms with van der Waals surface area (Å²) in [7, 11) is 0. The first-order chi connectivity index (χ1) is 19.8. The van der Waals surface area contributed by atoms with Crippen molar-refractivity contribution in [3.05, 3.63) is 76.1 Å². The van der Waals surface area contributed by atoms with Crippen LogP contribution in [0.15, 0.2) is 42.2 Å². The molecule has 0 radical (unpaired) electrons. The lowest BCUT2D eigenvalue weighted by atomic mass is 9.78. The lowest BCUT2D eigenvalue weighted by Crippen LogP contribution is -2.39. The average molecular weight is 609 g/mol. The van der Waals surface area contributed by atoms with Crippen LogP contribution in [0.25, 0.3) is 5.83 Å². The number of halogens is 9. The minimum atomic E-state index is -5.35. The zero-order valence-electron chi connectivity index (χ0n) is 23.1. The third-order valence-electron chi connectivity index (χ3n) is 8.27. The topological polar surface area (TPSA) is 18.5 Å². The molecule has 2 saturated carbocycles. The van der Waals surface area contributed by atoms with Gasteiger partial charge in [0.15, 0.2) is 5.83 Å². The second kappa shape index (κ2) is 13.4. The fourth-order valence-corrected chi connectivity index (χ4v) is 5.91. The van der Waals surface area contributed by atoms with Gasteiger partial charge in [0.2, 0.25) is 0 Å². The quantitative estimate of drug-likeness (QED) is 0.264. The fraction of sp³-hybridized carbons (Fsp3) is 0.548. The van der Waals surface area contributed by atoms with E-state index < -0.39 is 64.6 Å². The van der Waals surface area contributed by atoms with E-state index in [4.69, 9.17) is 9.47 Å². The van der Waals surface area contributed by atoms with Crippen molar-refractivity contribution in [3.63, 3.8) is 0 Å². The van der Waals surface area contributed by atoms with Gasteiger partial charge in [0, 0.05) is 18.1 Å². The molecule has 0 N–H and O–H groups in total. The van der Waals surface area contributed by atoms with Crippen LogP contribution in [0.1, 0.15) is 86.5 Å². The summed E-state index contributed by atoms with van der Waals surface area (Å²) in [6.07, 6.45) is -8.05. The van der Waals surface area contributed by atoms with E-state index in [9.17, 15) is 30.7 Å². The van der Waals surface area contributed by atoms with Crippen LogP contribution >= 0.6 is 0 Å². The molecule has 11 heteroatoms. The Labute approximate surface area is 238 Å². The smallest absolute Gasteiger partial charge is 0.377 e. The number of hydrogen-bond donors (Lipinski definition) is 0. The van der Waals surface area contributed by atoms with Crippen molar-refractivity contribution in [1.82, 2.24) is 0 Å². The molecule has 2 aliphatic rings. The maximum Gasteiger partial charge on any atom is 0.422 e. The zero-order chi connectivity index (χ0) is 30.7. The van der Waals surface area contributed by atoms with Gasteiger partial charge in [-0.3, -0.25) is 0 Å². The SMILES string of the molecule is CCOCc1ccc(C2CCC(C(F)(F)OC3CCC(/C(F)=C(\F)c4cc(F)c(C(F)(F)F)c(F)c4)CC3)CC2)cc1. The van der Waals surface area contributed by atoms with Crippen LogP contribution < -0.4 is 0 Å². The molecule has 0 amide bonds. The summed E-state index contributed by atoms with van der Waals surface area (Å²) in [4.78, 5) is 0. The Morgan fingerprint density at radius 3 is 1.90 bits per heavy atom. The Morgan fingerprint density at radius 2 is 1.38 bits per heavy atom. The summed E-state index contributed by atoms with van der Waals surface area (Å²) in [5.41, 5.74) is -1.05. The highest BCUT2D eigenvalue weighted by Gasteiger charge is 2.45. The van der Waals surface area contributed by atoms with Gasteiger partial charge in [0.05, 0.1) is 18.6 Å². The molecule has 0 aromatic heterocycles. The van der Waals surface area contributed by atoms with Gasteiger partial charge in [0.25, 0.3) is 0 Å². The van der Waals surface area contributed by atoms with Crippen molar-refractivity contribution in [1.29, 1.82) is 0 Å². The predicted octanol–water partition coefficient (Wildman–Crippen LogP) is 10.3. The van der Waals surface area contributed by atoms with E-state index in [1.165, 1.54) is 0 Å². The number of ether oxygens (including phenoxy) is 2. The number of alkyl halides is 5. The van der Waals surface area contributed by atoms with Crippen LogP contribution in [0.2, 0.25) is 0 Å². The largest absolute Gasteiger partial charge is 0.422 e. The third-order valence-corrected chi connectivity index (χ3v) is 8.27. The van der Waals surface area contributed by atoms with Gasteiger partial charge in [-0.2, -0.15) is 22.0 Å². The second-order valence-electron chi connectivity index (χ2n) is 11.1. The van der Waals surface area contributed by atoms with Crippen LogP contribution in [0.3, 0.4) is 0 Å². The number of benzene rings is 2. The van der Waals surface area contributed by atoms with Gasteiger partial charge in [-0.15, -0.1) is 0 Å². The summed E-state index contributed by atoms with van der Waals surface area (Å²) in [5.74, 6) is -9.08. The van der Waals surface area contributed by atoms with E-state index >= 15 is 8.78 Å². The first-order valence-electron chi connectivity index (χ1n) is 14.1. The van der Waals surface area contributed by atoms with Gasteiger partial charge in [-0.1, -0.05) is 24.3 Å². The summed E-state index contributed by atoms with van der Waals surface area (Å²) < 4.78 is 136. The molecule has 0 unspecified atom stereocenters. The molecular weight excluding hydrogens is 575 g/mol. The summed E-state index contributed by atoms with van der Waals surface area (Å²) in [5, 5.41) is 0. The van der Waals surface area contributed by atoms with Crippen molar-refractivity contribution in [2.75, 3.05) is 6.61 Å². The normalized spacial score (nSPS) is 24.4. The Morgan fingerprint density at radius 1 is 0.810 bits per heavy atom. The van der Waals surface area contributed by atoms with E-state index in [0.717, 1.165) is 11.1 Å². The van der Waals surface area contributed by atoms with Gasteiger partial charge in [0.1, 0.15) is 23.0 Å². The van der Waals surface area contributed by atoms with Crippen molar-refractivity contribution in [2.45, 2.75) is 89.2 Å². The van der Waals surface area contributed by atoms with E-state index in [-0.39, 0.29) is 56.6 Å². The van der Waals surface area contributed by atoms with Crippen molar-refractivity contribution < 1.29 is 49.0 Å². The standard InChI is InChI=1S/C31H33F9O2/c1-2-41-17-18-3-5-19(6-4-18)20-7-11-23(12-8-20)31(39,40)42-24-13-9-21(10-14-24)28(34)29(35)22-15-25(32)27(26(33)16-22)30(36,37)38/h3-6,15-16,20-21,23-24H,2,7-14,17H2,1H3/b29-28+. The van der Waals surface area contributed by atoms with E-state index in [1.54, 1.807) is 0 Å². The maximum absolute atomic E-state index is 15.1. The molecule has 2 aliphatic carbocycles. The Bertz CT molecular complexity index is 1200. The Hall–Kier alpha value is -2.53. The first-order valence-corrected chi connectivity index (χ1v) is 14.1. The Balaban J connectivity index is 1.30. The average Bonchev–Trinajstić information content (AvgIpc) is 2.94. The minimum Gasteiger partial charge on any atom is -0.377 e. The predicted molar refractivity (Wildman–Crippen MR) is 139 cm³/mol. The number of hydrogen-bond acceptors (Lipinski definition) is 2. The van der Waals surface area contributed by atoms with Crippen LogP contribution in [0, 0.1) is 23.5 Å². The highest BCUT2D eigenvalue weighted by molar-refractivity contribution is 5.62. The molecule has 0 saturated heterocycles. The molecule has 0 aliphatic heterocycles. The number of allylic oxidation sites excluding steroid dienone is 1. The molecule has 2 nitrogen and oxygen atoms in total. The molecule has 0 heterocycles. The van der Waals surface area contributed by atoms with Crippen molar-refractivity contribution in [2.24, 2.45) is 11.8 Å². The molecular formula is C31H33F9O2.